The monoisotopic (exact) mass is 235 g/mol. The number of aliphatic imine (C=N–C) groups is 1. The van der Waals surface area contributed by atoms with E-state index in [-0.39, 0.29) is 0 Å². The number of nitrogens with zero attached hydrogens (tertiary/aromatic N) is 1. The fourth-order valence-electron chi connectivity index (χ4n) is 0.847. The van der Waals surface area contributed by atoms with Gasteiger partial charge in [0.1, 0.15) is 4.84 Å². The maximum Gasteiger partial charge on any atom is 0.240 e. The average Bonchev–Trinajstić information content (AvgIpc) is 2.04. The van der Waals surface area contributed by atoms with Crippen LogP contribution in [0.2, 0.25) is 5.02 Å². The Labute approximate surface area is 90.1 Å². The lowest BCUT2D eigenvalue weighted by molar-refractivity contribution is 0.565. The lowest BCUT2D eigenvalue weighted by Crippen LogP contribution is -1.82. The van der Waals surface area contributed by atoms with Crippen LogP contribution in [0.15, 0.2) is 23.2 Å². The summed E-state index contributed by atoms with van der Waals surface area (Å²) in [4.78, 5) is 12.7. The highest BCUT2D eigenvalue weighted by Crippen LogP contribution is 2.34. The first-order valence-electron chi connectivity index (χ1n) is 3.30. The second-order valence-electron chi connectivity index (χ2n) is 2.21. The molecule has 1 aromatic rings. The van der Waals surface area contributed by atoms with Crippen LogP contribution in [0.4, 0.5) is 5.69 Å². The second kappa shape index (κ2) is 4.64. The van der Waals surface area contributed by atoms with Crippen LogP contribution in [0.3, 0.4) is 0 Å². The SMILES string of the molecule is O=C=Nc1cc(Cl)ccc1C(Cl)Cl. The van der Waals surface area contributed by atoms with Crippen LogP contribution < -0.4 is 0 Å². The molecule has 0 N–H and O–H groups in total. The summed E-state index contributed by atoms with van der Waals surface area (Å²) in [6.45, 7) is 0. The van der Waals surface area contributed by atoms with Gasteiger partial charge in [-0.25, -0.2) is 4.79 Å². The van der Waals surface area contributed by atoms with Crippen molar-refractivity contribution in [1.82, 2.24) is 0 Å². The van der Waals surface area contributed by atoms with Crippen molar-refractivity contribution in [2.24, 2.45) is 4.99 Å². The molecule has 0 saturated carbocycles. The maximum absolute atomic E-state index is 10.0. The van der Waals surface area contributed by atoms with Gasteiger partial charge in [0.15, 0.2) is 0 Å². The molecule has 0 unspecified atom stereocenters. The molecule has 13 heavy (non-hydrogen) atoms. The zero-order valence-electron chi connectivity index (χ0n) is 6.30. The molecule has 0 saturated heterocycles. The van der Waals surface area contributed by atoms with Crippen molar-refractivity contribution >= 4 is 46.6 Å². The topological polar surface area (TPSA) is 29.4 Å². The van der Waals surface area contributed by atoms with Crippen LogP contribution in [-0.4, -0.2) is 6.08 Å². The first-order valence-corrected chi connectivity index (χ1v) is 4.55. The zero-order valence-corrected chi connectivity index (χ0v) is 8.57. The predicted octanol–water partition coefficient (Wildman–Crippen LogP) is 3.78. The van der Waals surface area contributed by atoms with Crippen molar-refractivity contribution in [3.63, 3.8) is 0 Å². The molecule has 5 heteroatoms. The Hall–Kier alpha value is -0.530. The van der Waals surface area contributed by atoms with E-state index in [0.29, 0.717) is 16.3 Å². The van der Waals surface area contributed by atoms with Crippen LogP contribution in [-0.2, 0) is 4.79 Å². The molecule has 0 spiro atoms. The molecule has 0 amide bonds. The van der Waals surface area contributed by atoms with Crippen molar-refractivity contribution < 1.29 is 4.79 Å². The van der Waals surface area contributed by atoms with Crippen LogP contribution in [0, 0.1) is 0 Å². The summed E-state index contributed by atoms with van der Waals surface area (Å²) in [5.41, 5.74) is 0.883. The molecular weight excluding hydrogens is 232 g/mol. The minimum atomic E-state index is -0.732. The van der Waals surface area contributed by atoms with Gasteiger partial charge in [-0.05, 0) is 12.1 Å². The van der Waals surface area contributed by atoms with E-state index in [0.717, 1.165) is 0 Å². The van der Waals surface area contributed by atoms with Crippen LogP contribution in [0.1, 0.15) is 10.4 Å². The van der Waals surface area contributed by atoms with Gasteiger partial charge >= 0.3 is 0 Å². The highest BCUT2D eigenvalue weighted by molar-refractivity contribution is 6.44. The van der Waals surface area contributed by atoms with Gasteiger partial charge in [0.2, 0.25) is 6.08 Å². The minimum absolute atomic E-state index is 0.345. The van der Waals surface area contributed by atoms with Gasteiger partial charge in [-0.1, -0.05) is 40.9 Å². The Morgan fingerprint density at radius 2 is 2.08 bits per heavy atom. The predicted molar refractivity (Wildman–Crippen MR) is 53.7 cm³/mol. The minimum Gasteiger partial charge on any atom is -0.211 e. The van der Waals surface area contributed by atoms with Crippen LogP contribution in [0.5, 0.6) is 0 Å². The quantitative estimate of drug-likeness (QED) is 0.436. The fourth-order valence-corrected chi connectivity index (χ4v) is 1.38. The summed E-state index contributed by atoms with van der Waals surface area (Å²) < 4.78 is 0. The number of halogens is 3. The molecule has 0 atom stereocenters. The lowest BCUT2D eigenvalue weighted by atomic mass is 10.2. The molecule has 1 aromatic carbocycles. The van der Waals surface area contributed by atoms with Crippen molar-refractivity contribution in [2.75, 3.05) is 0 Å². The zero-order chi connectivity index (χ0) is 9.84. The Kier molecular flexibility index (Phi) is 3.76. The standard InChI is InChI=1S/C8H4Cl3NO/c9-5-1-2-6(8(10)11)7(3-5)12-4-13/h1-3,8H. The van der Waals surface area contributed by atoms with Crippen molar-refractivity contribution in [3.05, 3.63) is 28.8 Å². The van der Waals surface area contributed by atoms with Crippen LogP contribution in [0.25, 0.3) is 0 Å². The summed E-state index contributed by atoms with van der Waals surface area (Å²) >= 11 is 16.9. The molecule has 68 valence electrons. The molecule has 1 rings (SSSR count). The number of benzene rings is 1. The number of alkyl halides is 2. The molecule has 0 bridgehead atoms. The van der Waals surface area contributed by atoms with Crippen molar-refractivity contribution in [3.8, 4) is 0 Å². The van der Waals surface area contributed by atoms with Crippen molar-refractivity contribution in [2.45, 2.75) is 4.84 Å². The van der Waals surface area contributed by atoms with E-state index in [1.165, 1.54) is 12.1 Å². The first kappa shape index (κ1) is 10.6. The molecule has 0 fully saturated rings. The van der Waals surface area contributed by atoms with E-state index in [2.05, 4.69) is 4.99 Å². The third kappa shape index (κ3) is 2.71. The van der Waals surface area contributed by atoms with Gasteiger partial charge in [-0.15, -0.1) is 0 Å². The summed E-state index contributed by atoms with van der Waals surface area (Å²) in [7, 11) is 0. The normalized spacial score (nSPS) is 9.85. The third-order valence-electron chi connectivity index (χ3n) is 1.39. The van der Waals surface area contributed by atoms with E-state index >= 15 is 0 Å². The Morgan fingerprint density at radius 1 is 1.38 bits per heavy atom. The Balaban J connectivity index is 3.26. The molecule has 0 aromatic heterocycles. The molecule has 2 nitrogen and oxygen atoms in total. The van der Waals surface area contributed by atoms with Crippen molar-refractivity contribution in [1.29, 1.82) is 0 Å². The Bertz CT molecular complexity index is 358. The molecular formula is C8H4Cl3NO. The first-order chi connectivity index (χ1) is 6.15. The van der Waals surface area contributed by atoms with Gasteiger partial charge in [0, 0.05) is 10.6 Å². The van der Waals surface area contributed by atoms with Crippen LogP contribution >= 0.6 is 34.8 Å². The van der Waals surface area contributed by atoms with Gasteiger partial charge < -0.3 is 0 Å². The highest BCUT2D eigenvalue weighted by Gasteiger charge is 2.09. The largest absolute Gasteiger partial charge is 0.240 e. The maximum atomic E-state index is 10.0. The van der Waals surface area contributed by atoms with E-state index in [9.17, 15) is 4.79 Å². The van der Waals surface area contributed by atoms with Gasteiger partial charge in [0.05, 0.1) is 5.69 Å². The molecule has 0 radical (unpaired) electrons. The molecule has 0 aliphatic heterocycles. The van der Waals surface area contributed by atoms with Gasteiger partial charge in [0.25, 0.3) is 0 Å². The fraction of sp³-hybridized carbons (Fsp3) is 0.125. The molecule has 0 aliphatic rings. The van der Waals surface area contributed by atoms with Gasteiger partial charge in [-0.2, -0.15) is 4.99 Å². The van der Waals surface area contributed by atoms with E-state index < -0.39 is 4.84 Å². The molecule has 0 aliphatic carbocycles. The summed E-state index contributed by atoms with van der Waals surface area (Å²) in [5, 5.41) is 0.465. The van der Waals surface area contributed by atoms with E-state index in [1.807, 2.05) is 0 Å². The van der Waals surface area contributed by atoms with Gasteiger partial charge in [-0.3, -0.25) is 0 Å². The lowest BCUT2D eigenvalue weighted by Gasteiger charge is -2.04. The van der Waals surface area contributed by atoms with E-state index in [4.69, 9.17) is 34.8 Å². The second-order valence-corrected chi connectivity index (χ2v) is 3.74. The smallest absolute Gasteiger partial charge is 0.211 e. The molecule has 0 heterocycles. The number of hydrogen-bond acceptors (Lipinski definition) is 2. The number of carbonyl (C=O) groups excluding carboxylic acids is 1. The summed E-state index contributed by atoms with van der Waals surface area (Å²) in [6, 6.07) is 4.74. The summed E-state index contributed by atoms with van der Waals surface area (Å²) in [6.07, 6.45) is 1.41. The highest BCUT2D eigenvalue weighted by atomic mass is 35.5. The van der Waals surface area contributed by atoms with E-state index in [1.54, 1.807) is 12.1 Å². The number of hydrogen-bond donors (Lipinski definition) is 0. The Morgan fingerprint density at radius 3 is 2.62 bits per heavy atom. The number of isocyanates is 1. The average molecular weight is 236 g/mol. The summed E-state index contributed by atoms with van der Waals surface area (Å²) in [5.74, 6) is 0. The third-order valence-corrected chi connectivity index (χ3v) is 2.10. The number of rotatable bonds is 2.